The summed E-state index contributed by atoms with van der Waals surface area (Å²) in [6.45, 7) is 2.77. The number of ether oxygens (including phenoxy) is 1. The lowest BCUT2D eigenvalue weighted by Crippen LogP contribution is -2.61. The van der Waals surface area contributed by atoms with Crippen molar-refractivity contribution in [3.63, 3.8) is 0 Å². The maximum absolute atomic E-state index is 12.2. The molecule has 1 aliphatic carbocycles. The summed E-state index contributed by atoms with van der Waals surface area (Å²) in [6.07, 6.45) is 8.83. The molecule has 1 spiro atoms. The van der Waals surface area contributed by atoms with Crippen LogP contribution in [0.2, 0.25) is 0 Å². The molecule has 1 aromatic heterocycles. The van der Waals surface area contributed by atoms with Gasteiger partial charge in [-0.15, -0.1) is 0 Å². The van der Waals surface area contributed by atoms with Crippen molar-refractivity contribution in [3.8, 4) is 0 Å². The lowest BCUT2D eigenvalue weighted by Gasteiger charge is -2.47. The quantitative estimate of drug-likeness (QED) is 0.915. The van der Waals surface area contributed by atoms with Gasteiger partial charge < -0.3 is 10.1 Å². The molecule has 3 aliphatic rings. The Morgan fingerprint density at radius 2 is 2.27 bits per heavy atom. The molecule has 1 N–H and O–H groups in total. The number of rotatable bonds is 4. The van der Waals surface area contributed by atoms with Crippen molar-refractivity contribution in [2.75, 3.05) is 13.1 Å². The largest absolute Gasteiger partial charge is 0.359 e. The number of amides is 1. The zero-order chi connectivity index (χ0) is 15.0. The lowest BCUT2D eigenvalue weighted by atomic mass is 9.90. The van der Waals surface area contributed by atoms with Gasteiger partial charge in [0.05, 0.1) is 5.60 Å². The topological polar surface area (TPSA) is 54.5 Å². The minimum Gasteiger partial charge on any atom is -0.359 e. The van der Waals surface area contributed by atoms with E-state index in [1.807, 2.05) is 12.3 Å². The third-order valence-corrected chi connectivity index (χ3v) is 5.15. The smallest absolute Gasteiger partial charge is 0.249 e. The van der Waals surface area contributed by atoms with Gasteiger partial charge >= 0.3 is 0 Å². The van der Waals surface area contributed by atoms with E-state index in [-0.39, 0.29) is 17.6 Å². The summed E-state index contributed by atoms with van der Waals surface area (Å²) < 4.78 is 6.11. The SMILES string of the molecule is O=C(NC1CCC1)[C@@H]1CCC2(CN(Cc3cccnc3)C2)O1. The number of hydrogen-bond acceptors (Lipinski definition) is 4. The molecule has 2 saturated heterocycles. The van der Waals surface area contributed by atoms with Gasteiger partial charge in [0.15, 0.2) is 0 Å². The molecule has 5 nitrogen and oxygen atoms in total. The predicted octanol–water partition coefficient (Wildman–Crippen LogP) is 1.48. The first-order valence-electron chi connectivity index (χ1n) is 8.32. The van der Waals surface area contributed by atoms with Crippen LogP contribution < -0.4 is 5.32 Å². The third-order valence-electron chi connectivity index (χ3n) is 5.15. The second kappa shape index (κ2) is 5.63. The zero-order valence-corrected chi connectivity index (χ0v) is 12.8. The summed E-state index contributed by atoms with van der Waals surface area (Å²) in [7, 11) is 0. The molecule has 1 atom stereocenters. The van der Waals surface area contributed by atoms with Gasteiger partial charge in [0, 0.05) is 38.1 Å². The van der Waals surface area contributed by atoms with Crippen LogP contribution in [0, 0.1) is 0 Å². The maximum atomic E-state index is 12.2. The maximum Gasteiger partial charge on any atom is 0.249 e. The van der Waals surface area contributed by atoms with E-state index in [0.29, 0.717) is 6.04 Å². The molecule has 3 fully saturated rings. The molecule has 1 amide bonds. The van der Waals surface area contributed by atoms with Crippen molar-refractivity contribution >= 4 is 5.91 Å². The standard InChI is InChI=1S/C17H23N3O2/c21-16(19-14-4-1-5-14)15-6-7-17(22-15)11-20(12-17)10-13-3-2-8-18-9-13/h2-3,8-9,14-15H,1,4-7,10-12H2,(H,19,21)/t15-/m0/s1. The van der Waals surface area contributed by atoms with Crippen molar-refractivity contribution in [2.24, 2.45) is 0 Å². The van der Waals surface area contributed by atoms with E-state index in [9.17, 15) is 4.79 Å². The van der Waals surface area contributed by atoms with E-state index in [1.165, 1.54) is 12.0 Å². The van der Waals surface area contributed by atoms with E-state index >= 15 is 0 Å². The van der Waals surface area contributed by atoms with Gasteiger partial charge in [-0.2, -0.15) is 0 Å². The minimum atomic E-state index is -0.235. The number of pyridine rings is 1. The summed E-state index contributed by atoms with van der Waals surface area (Å²) in [5.74, 6) is 0.104. The van der Waals surface area contributed by atoms with Crippen molar-refractivity contribution in [3.05, 3.63) is 30.1 Å². The second-order valence-electron chi connectivity index (χ2n) is 6.97. The Morgan fingerprint density at radius 3 is 2.95 bits per heavy atom. The Balaban J connectivity index is 1.26. The fourth-order valence-electron chi connectivity index (χ4n) is 3.71. The summed E-state index contributed by atoms with van der Waals surface area (Å²) in [5.41, 5.74) is 1.15. The van der Waals surface area contributed by atoms with Crippen LogP contribution in [0.5, 0.6) is 0 Å². The zero-order valence-electron chi connectivity index (χ0n) is 12.8. The van der Waals surface area contributed by atoms with Crippen LogP contribution in [0.25, 0.3) is 0 Å². The number of nitrogens with one attached hydrogen (secondary N) is 1. The highest BCUT2D eigenvalue weighted by molar-refractivity contribution is 5.81. The predicted molar refractivity (Wildman–Crippen MR) is 82.1 cm³/mol. The lowest BCUT2D eigenvalue weighted by molar-refractivity contribution is -0.158. The van der Waals surface area contributed by atoms with Crippen molar-refractivity contribution in [2.45, 2.75) is 56.4 Å². The van der Waals surface area contributed by atoms with E-state index in [2.05, 4.69) is 21.3 Å². The van der Waals surface area contributed by atoms with Crippen LogP contribution in [0.4, 0.5) is 0 Å². The first-order valence-corrected chi connectivity index (χ1v) is 8.32. The minimum absolute atomic E-state index is 0.0795. The van der Waals surface area contributed by atoms with E-state index < -0.39 is 0 Å². The molecule has 4 rings (SSSR count). The van der Waals surface area contributed by atoms with Crippen LogP contribution in [0.3, 0.4) is 0 Å². The molecule has 5 heteroatoms. The first kappa shape index (κ1) is 14.2. The van der Waals surface area contributed by atoms with Gasteiger partial charge in [0.25, 0.3) is 0 Å². The van der Waals surface area contributed by atoms with E-state index in [0.717, 1.165) is 45.3 Å². The molecule has 0 aromatic carbocycles. The highest BCUT2D eigenvalue weighted by atomic mass is 16.5. The Bertz CT molecular complexity index is 538. The fraction of sp³-hybridized carbons (Fsp3) is 0.647. The Labute approximate surface area is 131 Å². The van der Waals surface area contributed by atoms with Crippen molar-refractivity contribution in [1.29, 1.82) is 0 Å². The van der Waals surface area contributed by atoms with Crippen LogP contribution in [-0.4, -0.2) is 46.6 Å². The van der Waals surface area contributed by atoms with E-state index in [1.54, 1.807) is 6.20 Å². The average molecular weight is 301 g/mol. The van der Waals surface area contributed by atoms with Gasteiger partial charge in [-0.05, 0) is 43.7 Å². The molecule has 118 valence electrons. The van der Waals surface area contributed by atoms with Gasteiger partial charge in [0.1, 0.15) is 6.10 Å². The summed E-state index contributed by atoms with van der Waals surface area (Å²) in [4.78, 5) is 18.7. The summed E-state index contributed by atoms with van der Waals surface area (Å²) >= 11 is 0. The second-order valence-corrected chi connectivity index (χ2v) is 6.97. The van der Waals surface area contributed by atoms with Gasteiger partial charge in [-0.3, -0.25) is 14.7 Å². The molecule has 1 aromatic rings. The monoisotopic (exact) mass is 301 g/mol. The molecular formula is C17H23N3O2. The third kappa shape index (κ3) is 2.75. The highest BCUT2D eigenvalue weighted by Crippen LogP contribution is 2.39. The number of nitrogens with zero attached hydrogens (tertiary/aromatic N) is 2. The molecule has 3 heterocycles. The van der Waals surface area contributed by atoms with Crippen LogP contribution in [-0.2, 0) is 16.1 Å². The van der Waals surface area contributed by atoms with Crippen LogP contribution in [0.15, 0.2) is 24.5 Å². The number of aromatic nitrogens is 1. The molecular weight excluding hydrogens is 278 g/mol. The number of likely N-dealkylation sites (tertiary alicyclic amines) is 1. The fourth-order valence-corrected chi connectivity index (χ4v) is 3.71. The van der Waals surface area contributed by atoms with E-state index in [4.69, 9.17) is 4.74 Å². The molecule has 1 saturated carbocycles. The molecule has 22 heavy (non-hydrogen) atoms. The number of hydrogen-bond donors (Lipinski definition) is 1. The average Bonchev–Trinajstić information content (AvgIpc) is 2.89. The van der Waals surface area contributed by atoms with Gasteiger partial charge in [-0.1, -0.05) is 6.07 Å². The van der Waals surface area contributed by atoms with Crippen molar-refractivity contribution < 1.29 is 9.53 Å². The molecule has 0 bridgehead atoms. The first-order chi connectivity index (χ1) is 10.7. The van der Waals surface area contributed by atoms with Crippen LogP contribution >= 0.6 is 0 Å². The molecule has 0 radical (unpaired) electrons. The summed E-state index contributed by atoms with van der Waals surface area (Å²) in [5, 5.41) is 3.11. The van der Waals surface area contributed by atoms with Crippen LogP contribution in [0.1, 0.15) is 37.7 Å². The van der Waals surface area contributed by atoms with Crippen molar-refractivity contribution in [1.82, 2.24) is 15.2 Å². The normalized spacial score (nSPS) is 27.4. The van der Waals surface area contributed by atoms with Gasteiger partial charge in [-0.25, -0.2) is 0 Å². The van der Waals surface area contributed by atoms with Gasteiger partial charge in [0.2, 0.25) is 5.91 Å². The number of carbonyl (C=O) groups excluding carboxylic acids is 1. The Kier molecular flexibility index (Phi) is 3.62. The summed E-state index contributed by atoms with van der Waals surface area (Å²) in [6, 6.07) is 4.47. The molecule has 2 aliphatic heterocycles. The highest BCUT2D eigenvalue weighted by Gasteiger charge is 2.51. The number of carbonyl (C=O) groups is 1. The molecule has 0 unspecified atom stereocenters. The Morgan fingerprint density at radius 1 is 1.41 bits per heavy atom. The Hall–Kier alpha value is -1.46.